The Kier molecular flexibility index (Phi) is 6.42. The van der Waals surface area contributed by atoms with E-state index in [9.17, 15) is 26.8 Å². The quantitative estimate of drug-likeness (QED) is 0.591. The van der Waals surface area contributed by atoms with Crippen molar-refractivity contribution in [1.82, 2.24) is 15.2 Å². The van der Waals surface area contributed by atoms with Crippen LogP contribution in [0.25, 0.3) is 0 Å². The van der Waals surface area contributed by atoms with Gasteiger partial charge in [0.05, 0.1) is 22.2 Å². The summed E-state index contributed by atoms with van der Waals surface area (Å²) in [5.74, 6) is -0.534. The molecule has 3 rings (SSSR count). The highest BCUT2D eigenvalue weighted by atomic mass is 32.2. The van der Waals surface area contributed by atoms with Crippen LogP contribution in [0.1, 0.15) is 9.88 Å². The zero-order chi connectivity index (χ0) is 21.0. The highest BCUT2D eigenvalue weighted by Gasteiger charge is 2.27. The van der Waals surface area contributed by atoms with E-state index in [1.165, 1.54) is 40.5 Å². The minimum Gasteiger partial charge on any atom is -0.488 e. The molecule has 1 saturated heterocycles. The topological polar surface area (TPSA) is 106 Å². The van der Waals surface area contributed by atoms with Crippen molar-refractivity contribution in [3.05, 3.63) is 40.3 Å². The predicted molar refractivity (Wildman–Crippen MR) is 99.8 cm³/mol. The average Bonchev–Trinajstić information content (AvgIpc) is 3.24. The molecule has 1 aliphatic heterocycles. The lowest BCUT2D eigenvalue weighted by atomic mass is 10.3. The molecule has 0 atom stereocenters. The first-order valence-corrected chi connectivity index (χ1v) is 11.0. The third-order valence-electron chi connectivity index (χ3n) is 3.94. The second-order valence-corrected chi connectivity index (χ2v) is 9.48. The molecule has 1 aliphatic rings. The third-order valence-corrected chi connectivity index (χ3v) is 6.70. The second kappa shape index (κ2) is 8.82. The number of hydrogen-bond donors (Lipinski definition) is 1. The Morgan fingerprint density at radius 2 is 2.10 bits per heavy atom. The van der Waals surface area contributed by atoms with Crippen LogP contribution in [0.2, 0.25) is 0 Å². The van der Waals surface area contributed by atoms with Gasteiger partial charge in [0, 0.05) is 17.5 Å². The van der Waals surface area contributed by atoms with Crippen LogP contribution in [0.3, 0.4) is 0 Å². The van der Waals surface area contributed by atoms with Gasteiger partial charge in [0.25, 0.3) is 6.43 Å². The van der Waals surface area contributed by atoms with Gasteiger partial charge in [-0.1, -0.05) is 6.07 Å². The fraction of sp³-hybridized carbons (Fsp3) is 0.353. The predicted octanol–water partition coefficient (Wildman–Crippen LogP) is 1.86. The molecule has 0 saturated carbocycles. The van der Waals surface area contributed by atoms with Gasteiger partial charge in [0.1, 0.15) is 18.9 Å². The summed E-state index contributed by atoms with van der Waals surface area (Å²) in [5.41, 5.74) is 0. The number of aryl methyl sites for hydroxylation is 1. The summed E-state index contributed by atoms with van der Waals surface area (Å²) in [7, 11) is -3.67. The van der Waals surface area contributed by atoms with Gasteiger partial charge >= 0.3 is 6.03 Å². The van der Waals surface area contributed by atoms with Crippen molar-refractivity contribution in [1.29, 1.82) is 0 Å². The van der Waals surface area contributed by atoms with Gasteiger partial charge in [-0.05, 0) is 18.2 Å². The third kappa shape index (κ3) is 5.70. The molecule has 1 aromatic carbocycles. The fourth-order valence-electron chi connectivity index (χ4n) is 2.59. The normalized spacial score (nSPS) is 14.5. The fourth-order valence-corrected chi connectivity index (χ4v) is 4.94. The zero-order valence-corrected chi connectivity index (χ0v) is 16.6. The van der Waals surface area contributed by atoms with Crippen molar-refractivity contribution < 1.29 is 31.5 Å². The van der Waals surface area contributed by atoms with Gasteiger partial charge < -0.3 is 9.64 Å². The maximum Gasteiger partial charge on any atom is 0.324 e. The van der Waals surface area contributed by atoms with Crippen molar-refractivity contribution in [2.75, 3.05) is 18.9 Å². The lowest BCUT2D eigenvalue weighted by molar-refractivity contribution is -0.118. The first-order valence-electron chi connectivity index (χ1n) is 8.49. The van der Waals surface area contributed by atoms with E-state index < -0.39 is 28.9 Å². The minimum atomic E-state index is -3.67. The Bertz CT molecular complexity index is 1010. The number of urea groups is 1. The smallest absolute Gasteiger partial charge is 0.324 e. The lowest BCUT2D eigenvalue weighted by Gasteiger charge is -2.10. The Hall–Kier alpha value is -2.60. The van der Waals surface area contributed by atoms with Crippen LogP contribution >= 0.6 is 11.3 Å². The number of imide groups is 1. The maximum absolute atomic E-state index is 12.5. The van der Waals surface area contributed by atoms with Crippen LogP contribution in [-0.4, -0.2) is 55.6 Å². The molecule has 12 heteroatoms. The standard InChI is InChI=1S/C17H17F2N3O5S2/c18-14(19)10-27-11-2-1-3-13(6-11)29(25,26)5-4-16-20-7-12(28-16)8-22-9-15(23)21-17(22)24/h1-3,6-7,14H,4-5,8-10H2,(H,21,23,24). The summed E-state index contributed by atoms with van der Waals surface area (Å²) in [6, 6.07) is 4.96. The van der Waals surface area contributed by atoms with Crippen molar-refractivity contribution in [2.24, 2.45) is 0 Å². The zero-order valence-electron chi connectivity index (χ0n) is 15.0. The van der Waals surface area contributed by atoms with E-state index in [0.29, 0.717) is 5.01 Å². The first kappa shape index (κ1) is 21.1. The van der Waals surface area contributed by atoms with Gasteiger partial charge in [-0.25, -0.2) is 27.0 Å². The van der Waals surface area contributed by atoms with Crippen LogP contribution in [0.5, 0.6) is 5.75 Å². The minimum absolute atomic E-state index is 0.0201. The number of benzene rings is 1. The summed E-state index contributed by atoms with van der Waals surface area (Å²) < 4.78 is 54.4. The molecule has 3 amide bonds. The molecule has 0 radical (unpaired) electrons. The number of nitrogens with zero attached hydrogens (tertiary/aromatic N) is 2. The molecule has 1 fully saturated rings. The van der Waals surface area contributed by atoms with Crippen molar-refractivity contribution in [3.8, 4) is 5.75 Å². The van der Waals surface area contributed by atoms with E-state index in [2.05, 4.69) is 10.3 Å². The molecule has 1 aromatic heterocycles. The van der Waals surface area contributed by atoms with E-state index in [4.69, 9.17) is 4.74 Å². The van der Waals surface area contributed by atoms with Crippen LogP contribution in [0.15, 0.2) is 35.4 Å². The molecule has 8 nitrogen and oxygen atoms in total. The largest absolute Gasteiger partial charge is 0.488 e. The summed E-state index contributed by atoms with van der Waals surface area (Å²) in [6.07, 6.45) is -0.957. The molecule has 1 N–H and O–H groups in total. The number of ether oxygens (including phenoxy) is 1. The molecular formula is C17H17F2N3O5S2. The van der Waals surface area contributed by atoms with E-state index >= 15 is 0 Å². The number of aromatic nitrogens is 1. The Morgan fingerprint density at radius 3 is 2.79 bits per heavy atom. The number of amides is 3. The molecule has 0 unspecified atom stereocenters. The SMILES string of the molecule is O=C1CN(Cc2cnc(CCS(=O)(=O)c3cccc(OCC(F)F)c3)s2)C(=O)N1. The number of sulfone groups is 1. The summed E-state index contributed by atoms with van der Waals surface area (Å²) in [6.45, 7) is -0.623. The summed E-state index contributed by atoms with van der Waals surface area (Å²) in [4.78, 5) is 29.0. The number of nitrogens with one attached hydrogen (secondary N) is 1. The van der Waals surface area contributed by atoms with Crippen LogP contribution in [-0.2, 0) is 27.6 Å². The highest BCUT2D eigenvalue weighted by Crippen LogP contribution is 2.22. The van der Waals surface area contributed by atoms with Gasteiger partial charge in [0.2, 0.25) is 5.91 Å². The molecule has 0 bridgehead atoms. The lowest BCUT2D eigenvalue weighted by Crippen LogP contribution is -2.27. The number of rotatable bonds is 9. The number of halogens is 2. The van der Waals surface area contributed by atoms with Crippen LogP contribution in [0.4, 0.5) is 13.6 Å². The Morgan fingerprint density at radius 1 is 1.31 bits per heavy atom. The molecule has 156 valence electrons. The molecule has 2 aromatic rings. The molecule has 2 heterocycles. The maximum atomic E-state index is 12.5. The molecule has 0 aliphatic carbocycles. The highest BCUT2D eigenvalue weighted by molar-refractivity contribution is 7.91. The number of alkyl halides is 2. The Labute approximate surface area is 169 Å². The molecular weight excluding hydrogens is 428 g/mol. The molecule has 0 spiro atoms. The van der Waals surface area contributed by atoms with E-state index in [1.807, 2.05) is 0 Å². The van der Waals surface area contributed by atoms with Crippen LogP contribution < -0.4 is 10.1 Å². The number of carbonyl (C=O) groups excluding carboxylic acids is 2. The number of thiazole rings is 1. The van der Waals surface area contributed by atoms with Gasteiger partial charge in [0.15, 0.2) is 9.84 Å². The second-order valence-electron chi connectivity index (χ2n) is 6.18. The Balaban J connectivity index is 1.59. The van der Waals surface area contributed by atoms with Gasteiger partial charge in [-0.3, -0.25) is 10.1 Å². The van der Waals surface area contributed by atoms with Crippen molar-refractivity contribution in [2.45, 2.75) is 24.3 Å². The molecule has 29 heavy (non-hydrogen) atoms. The van der Waals surface area contributed by atoms with Crippen molar-refractivity contribution in [3.63, 3.8) is 0 Å². The van der Waals surface area contributed by atoms with E-state index in [1.54, 1.807) is 6.20 Å². The number of carbonyl (C=O) groups is 2. The summed E-state index contributed by atoms with van der Waals surface area (Å²) >= 11 is 1.26. The van der Waals surface area contributed by atoms with Gasteiger partial charge in [-0.2, -0.15) is 0 Å². The van der Waals surface area contributed by atoms with E-state index in [0.717, 1.165) is 4.88 Å². The average molecular weight is 445 g/mol. The van der Waals surface area contributed by atoms with Crippen molar-refractivity contribution >= 4 is 33.1 Å². The van der Waals surface area contributed by atoms with E-state index in [-0.39, 0.29) is 41.8 Å². The van der Waals surface area contributed by atoms with Gasteiger partial charge in [-0.15, -0.1) is 11.3 Å². The number of hydrogen-bond acceptors (Lipinski definition) is 7. The monoisotopic (exact) mass is 445 g/mol. The van der Waals surface area contributed by atoms with Crippen LogP contribution in [0, 0.1) is 0 Å². The first-order chi connectivity index (χ1) is 13.7. The summed E-state index contributed by atoms with van der Waals surface area (Å²) in [5, 5.41) is 2.75.